The number of rotatable bonds is 3. The Kier molecular flexibility index (Phi) is 3.86. The molecule has 0 saturated carbocycles. The Morgan fingerprint density at radius 3 is 2.53 bits per heavy atom. The lowest BCUT2D eigenvalue weighted by Crippen LogP contribution is -2.38. The second-order valence-electron chi connectivity index (χ2n) is 3.37. The number of hydrogen-bond donors (Lipinski definition) is 2. The zero-order valence-electron chi connectivity index (χ0n) is 8.14. The van der Waals surface area contributed by atoms with Crippen LogP contribution in [0.2, 0.25) is 0 Å². The van der Waals surface area contributed by atoms with Gasteiger partial charge in [0.15, 0.2) is 0 Å². The van der Waals surface area contributed by atoms with Crippen molar-refractivity contribution in [1.29, 1.82) is 5.26 Å². The van der Waals surface area contributed by atoms with Crippen molar-refractivity contribution >= 4 is 11.9 Å². The van der Waals surface area contributed by atoms with Gasteiger partial charge in [0.2, 0.25) is 5.91 Å². The number of nitrogens with one attached hydrogen (secondary N) is 1. The topological polar surface area (TPSA) is 90.2 Å². The van der Waals surface area contributed by atoms with E-state index >= 15 is 0 Å². The highest BCUT2D eigenvalue weighted by molar-refractivity contribution is 5.85. The van der Waals surface area contributed by atoms with E-state index in [0.29, 0.717) is 12.8 Å². The van der Waals surface area contributed by atoms with Gasteiger partial charge in [-0.15, -0.1) is 0 Å². The molecule has 5 nitrogen and oxygen atoms in total. The largest absolute Gasteiger partial charge is 0.481 e. The minimum absolute atomic E-state index is 0.0780. The molecule has 15 heavy (non-hydrogen) atoms. The highest BCUT2D eigenvalue weighted by Gasteiger charge is 2.33. The number of carbonyl (C=O) groups is 2. The second-order valence-corrected chi connectivity index (χ2v) is 3.37. The standard InChI is InChI=1S/C10H12N2O3/c11-5-6-12-9(13)7-3-1-2-4-8(7)10(14)15/h1-2,7-8H,3-4,6H2,(H,12,13)(H,14,15). The van der Waals surface area contributed by atoms with E-state index < -0.39 is 17.8 Å². The second kappa shape index (κ2) is 5.15. The molecule has 2 N–H and O–H groups in total. The first-order valence-corrected chi connectivity index (χ1v) is 4.69. The van der Waals surface area contributed by atoms with Gasteiger partial charge in [-0.1, -0.05) is 12.2 Å². The molecule has 0 aromatic heterocycles. The summed E-state index contributed by atoms with van der Waals surface area (Å²) < 4.78 is 0. The summed E-state index contributed by atoms with van der Waals surface area (Å²) in [6, 6.07) is 1.78. The minimum atomic E-state index is -0.962. The molecule has 1 rings (SSSR count). The maximum atomic E-state index is 11.5. The van der Waals surface area contributed by atoms with Gasteiger partial charge >= 0.3 is 5.97 Å². The molecule has 1 aliphatic rings. The molecule has 0 bridgehead atoms. The van der Waals surface area contributed by atoms with Crippen LogP contribution in [0.25, 0.3) is 0 Å². The maximum absolute atomic E-state index is 11.5. The monoisotopic (exact) mass is 208 g/mol. The lowest BCUT2D eigenvalue weighted by molar-refractivity contribution is -0.147. The number of carboxylic acids is 1. The van der Waals surface area contributed by atoms with Gasteiger partial charge in [-0.25, -0.2) is 0 Å². The molecule has 0 saturated heterocycles. The summed E-state index contributed by atoms with van der Waals surface area (Å²) >= 11 is 0. The SMILES string of the molecule is N#CCNC(=O)C1CC=CCC1C(=O)O. The Morgan fingerprint density at radius 2 is 2.00 bits per heavy atom. The fourth-order valence-corrected chi connectivity index (χ4v) is 1.63. The van der Waals surface area contributed by atoms with Crippen LogP contribution in [0.3, 0.4) is 0 Å². The zero-order valence-corrected chi connectivity index (χ0v) is 8.14. The van der Waals surface area contributed by atoms with E-state index in [1.54, 1.807) is 18.2 Å². The molecule has 0 spiro atoms. The number of aliphatic carboxylic acids is 1. The van der Waals surface area contributed by atoms with Crippen molar-refractivity contribution in [2.24, 2.45) is 11.8 Å². The van der Waals surface area contributed by atoms with Gasteiger partial charge in [0.1, 0.15) is 6.54 Å². The normalized spacial score (nSPS) is 24.2. The Morgan fingerprint density at radius 1 is 1.40 bits per heavy atom. The van der Waals surface area contributed by atoms with Crippen molar-refractivity contribution in [2.75, 3.05) is 6.54 Å². The van der Waals surface area contributed by atoms with Crippen LogP contribution in [0, 0.1) is 23.2 Å². The highest BCUT2D eigenvalue weighted by atomic mass is 16.4. The van der Waals surface area contributed by atoms with E-state index in [0.717, 1.165) is 0 Å². The van der Waals surface area contributed by atoms with Gasteiger partial charge in [-0.3, -0.25) is 9.59 Å². The van der Waals surface area contributed by atoms with E-state index in [9.17, 15) is 9.59 Å². The van der Waals surface area contributed by atoms with E-state index in [1.165, 1.54) is 0 Å². The van der Waals surface area contributed by atoms with E-state index in [2.05, 4.69) is 5.32 Å². The molecule has 1 amide bonds. The molecule has 0 radical (unpaired) electrons. The molecule has 0 aromatic carbocycles. The van der Waals surface area contributed by atoms with Gasteiger partial charge in [-0.2, -0.15) is 5.26 Å². The molecular weight excluding hydrogens is 196 g/mol. The predicted octanol–water partition coefficient (Wildman–Crippen LogP) is 0.293. The number of hydrogen-bond acceptors (Lipinski definition) is 3. The fraction of sp³-hybridized carbons (Fsp3) is 0.500. The molecule has 5 heteroatoms. The molecule has 1 aliphatic carbocycles. The van der Waals surface area contributed by atoms with Crippen LogP contribution in [-0.2, 0) is 9.59 Å². The number of nitriles is 1. The fourth-order valence-electron chi connectivity index (χ4n) is 1.63. The Hall–Kier alpha value is -1.83. The average molecular weight is 208 g/mol. The Bertz CT molecular complexity index is 330. The number of carboxylic acid groups (broad SMARTS) is 1. The lowest BCUT2D eigenvalue weighted by Gasteiger charge is -2.23. The van der Waals surface area contributed by atoms with Crippen LogP contribution >= 0.6 is 0 Å². The minimum Gasteiger partial charge on any atom is -0.481 e. The molecule has 0 fully saturated rings. The first kappa shape index (κ1) is 11.2. The van der Waals surface area contributed by atoms with E-state index in [4.69, 9.17) is 10.4 Å². The first-order chi connectivity index (χ1) is 7.16. The quantitative estimate of drug-likeness (QED) is 0.515. The number of allylic oxidation sites excluding steroid dienone is 2. The van der Waals surface area contributed by atoms with E-state index in [-0.39, 0.29) is 12.5 Å². The smallest absolute Gasteiger partial charge is 0.307 e. The van der Waals surface area contributed by atoms with Crippen LogP contribution in [0.15, 0.2) is 12.2 Å². The third-order valence-corrected chi connectivity index (χ3v) is 2.43. The summed E-state index contributed by atoms with van der Waals surface area (Å²) in [7, 11) is 0. The van der Waals surface area contributed by atoms with Gasteiger partial charge in [-0.05, 0) is 12.8 Å². The maximum Gasteiger partial charge on any atom is 0.307 e. The third kappa shape index (κ3) is 2.81. The number of carbonyl (C=O) groups excluding carboxylic acids is 1. The van der Waals surface area contributed by atoms with Gasteiger partial charge in [0.05, 0.1) is 17.9 Å². The van der Waals surface area contributed by atoms with Crippen LogP contribution < -0.4 is 5.32 Å². The summed E-state index contributed by atoms with van der Waals surface area (Å²) in [5, 5.41) is 19.6. The van der Waals surface area contributed by atoms with Crippen molar-refractivity contribution in [3.05, 3.63) is 12.2 Å². The van der Waals surface area contributed by atoms with Crippen molar-refractivity contribution in [1.82, 2.24) is 5.32 Å². The van der Waals surface area contributed by atoms with Crippen LogP contribution in [-0.4, -0.2) is 23.5 Å². The van der Waals surface area contributed by atoms with Crippen LogP contribution in [0.1, 0.15) is 12.8 Å². The number of amides is 1. The van der Waals surface area contributed by atoms with Crippen molar-refractivity contribution in [2.45, 2.75) is 12.8 Å². The van der Waals surface area contributed by atoms with E-state index in [1.807, 2.05) is 0 Å². The summed E-state index contributed by atoms with van der Waals surface area (Å²) in [6.45, 7) is -0.0780. The molecule has 0 aliphatic heterocycles. The molecule has 2 atom stereocenters. The Labute approximate surface area is 87.4 Å². The van der Waals surface area contributed by atoms with Crippen LogP contribution in [0.5, 0.6) is 0 Å². The molecule has 2 unspecified atom stereocenters. The zero-order chi connectivity index (χ0) is 11.3. The molecular formula is C10H12N2O3. The van der Waals surface area contributed by atoms with Gasteiger partial charge < -0.3 is 10.4 Å². The van der Waals surface area contributed by atoms with Crippen molar-refractivity contribution in [3.8, 4) is 6.07 Å². The summed E-state index contributed by atoms with van der Waals surface area (Å²) in [5.41, 5.74) is 0. The van der Waals surface area contributed by atoms with Crippen molar-refractivity contribution < 1.29 is 14.7 Å². The lowest BCUT2D eigenvalue weighted by atomic mass is 9.82. The van der Waals surface area contributed by atoms with Crippen molar-refractivity contribution in [3.63, 3.8) is 0 Å². The van der Waals surface area contributed by atoms with Gasteiger partial charge in [0.25, 0.3) is 0 Å². The number of nitrogens with zero attached hydrogens (tertiary/aromatic N) is 1. The molecule has 0 aromatic rings. The predicted molar refractivity (Wildman–Crippen MR) is 51.6 cm³/mol. The summed E-state index contributed by atoms with van der Waals surface area (Å²) in [5.74, 6) is -2.54. The third-order valence-electron chi connectivity index (χ3n) is 2.43. The average Bonchev–Trinajstić information content (AvgIpc) is 2.25. The first-order valence-electron chi connectivity index (χ1n) is 4.69. The molecule has 0 heterocycles. The van der Waals surface area contributed by atoms with Gasteiger partial charge in [0, 0.05) is 0 Å². The highest BCUT2D eigenvalue weighted by Crippen LogP contribution is 2.25. The summed E-state index contributed by atoms with van der Waals surface area (Å²) in [6.07, 6.45) is 4.37. The summed E-state index contributed by atoms with van der Waals surface area (Å²) in [4.78, 5) is 22.4. The molecule has 80 valence electrons. The van der Waals surface area contributed by atoms with Crippen LogP contribution in [0.4, 0.5) is 0 Å². The Balaban J connectivity index is 2.65.